The van der Waals surface area contributed by atoms with Crippen LogP contribution in [0.1, 0.15) is 11.1 Å². The van der Waals surface area contributed by atoms with Gasteiger partial charge in [0.2, 0.25) is 0 Å². The number of barbiturate groups is 1. The molecular weight excluding hydrogens is 505 g/mol. The van der Waals surface area contributed by atoms with E-state index in [1.54, 1.807) is 30.3 Å². The highest BCUT2D eigenvalue weighted by Crippen LogP contribution is 2.29. The molecule has 10 heteroatoms. The molecule has 0 spiro atoms. The molecule has 0 bridgehead atoms. The summed E-state index contributed by atoms with van der Waals surface area (Å²) in [6.07, 6.45) is 1.33. The minimum absolute atomic E-state index is 0.147. The number of halogens is 2. The Morgan fingerprint density at radius 3 is 2.53 bits per heavy atom. The van der Waals surface area contributed by atoms with Crippen molar-refractivity contribution in [3.8, 4) is 5.75 Å². The van der Waals surface area contributed by atoms with Crippen molar-refractivity contribution in [1.82, 2.24) is 5.32 Å². The molecule has 0 aromatic heterocycles. The van der Waals surface area contributed by atoms with E-state index in [-0.39, 0.29) is 33.8 Å². The summed E-state index contributed by atoms with van der Waals surface area (Å²) in [6.45, 7) is 1.68. The number of aryl methyl sites for hydroxylation is 1. The van der Waals surface area contributed by atoms with Crippen LogP contribution >= 0.6 is 23.2 Å². The number of rotatable bonds is 6. The van der Waals surface area contributed by atoms with E-state index in [1.165, 1.54) is 24.3 Å². The van der Waals surface area contributed by atoms with Crippen molar-refractivity contribution in [3.63, 3.8) is 0 Å². The van der Waals surface area contributed by atoms with Crippen molar-refractivity contribution in [3.05, 3.63) is 93.5 Å². The lowest BCUT2D eigenvalue weighted by Gasteiger charge is -2.26. The Labute approximate surface area is 216 Å². The first kappa shape index (κ1) is 25.0. The Balaban J connectivity index is 1.50. The lowest BCUT2D eigenvalue weighted by molar-refractivity contribution is -0.122. The molecule has 5 amide bonds. The van der Waals surface area contributed by atoms with E-state index in [9.17, 15) is 19.2 Å². The molecule has 0 saturated carbocycles. The summed E-state index contributed by atoms with van der Waals surface area (Å²) in [6, 6.07) is 17.2. The number of nitrogens with zero attached hydrogens (tertiary/aromatic N) is 1. The van der Waals surface area contributed by atoms with Crippen molar-refractivity contribution in [2.24, 2.45) is 0 Å². The van der Waals surface area contributed by atoms with Gasteiger partial charge in [0.25, 0.3) is 17.7 Å². The summed E-state index contributed by atoms with van der Waals surface area (Å²) in [5, 5.41) is 5.29. The first-order valence-electron chi connectivity index (χ1n) is 10.7. The Morgan fingerprint density at radius 1 is 1.00 bits per heavy atom. The minimum atomic E-state index is -0.905. The molecule has 4 rings (SSSR count). The van der Waals surface area contributed by atoms with E-state index in [0.717, 1.165) is 10.5 Å². The lowest BCUT2D eigenvalue weighted by Crippen LogP contribution is -2.54. The summed E-state index contributed by atoms with van der Waals surface area (Å²) in [7, 11) is 0. The van der Waals surface area contributed by atoms with Crippen LogP contribution in [0.25, 0.3) is 6.08 Å². The second-order valence-electron chi connectivity index (χ2n) is 7.84. The number of carbonyl (C=O) groups excluding carboxylic acids is 4. The van der Waals surface area contributed by atoms with Gasteiger partial charge in [-0.15, -0.1) is 0 Å². The molecule has 1 aliphatic heterocycles. The average molecular weight is 524 g/mol. The molecule has 0 atom stereocenters. The number of nitrogens with one attached hydrogen (secondary N) is 2. The Morgan fingerprint density at radius 2 is 1.78 bits per heavy atom. The molecule has 1 saturated heterocycles. The number of hydrogen-bond acceptors (Lipinski definition) is 5. The smallest absolute Gasteiger partial charge is 0.335 e. The largest absolute Gasteiger partial charge is 0.484 e. The van der Waals surface area contributed by atoms with Gasteiger partial charge in [0.15, 0.2) is 6.61 Å². The number of benzene rings is 3. The van der Waals surface area contributed by atoms with Gasteiger partial charge in [-0.2, -0.15) is 0 Å². The number of carbonyl (C=O) groups is 4. The van der Waals surface area contributed by atoms with Crippen LogP contribution < -0.4 is 20.3 Å². The van der Waals surface area contributed by atoms with Crippen molar-refractivity contribution >= 4 is 64.4 Å². The quantitative estimate of drug-likeness (QED) is 0.350. The molecule has 182 valence electrons. The maximum absolute atomic E-state index is 13.1. The zero-order valence-corrected chi connectivity index (χ0v) is 20.4. The maximum atomic E-state index is 13.1. The summed E-state index contributed by atoms with van der Waals surface area (Å²) in [5.74, 6) is -1.66. The molecule has 1 fully saturated rings. The molecule has 0 unspecified atom stereocenters. The number of anilines is 2. The fourth-order valence-corrected chi connectivity index (χ4v) is 3.74. The van der Waals surface area contributed by atoms with Gasteiger partial charge in [0, 0.05) is 5.69 Å². The topological polar surface area (TPSA) is 105 Å². The van der Waals surface area contributed by atoms with E-state index in [2.05, 4.69) is 10.6 Å². The highest BCUT2D eigenvalue weighted by molar-refractivity contribution is 6.43. The number of hydrogen-bond donors (Lipinski definition) is 2. The maximum Gasteiger partial charge on any atom is 0.335 e. The molecule has 1 aliphatic rings. The second-order valence-corrected chi connectivity index (χ2v) is 8.65. The minimum Gasteiger partial charge on any atom is -0.484 e. The highest BCUT2D eigenvalue weighted by atomic mass is 35.5. The second kappa shape index (κ2) is 10.6. The van der Waals surface area contributed by atoms with Gasteiger partial charge in [0.1, 0.15) is 11.3 Å². The normalized spacial score (nSPS) is 14.6. The monoisotopic (exact) mass is 523 g/mol. The van der Waals surface area contributed by atoms with Gasteiger partial charge < -0.3 is 10.1 Å². The van der Waals surface area contributed by atoms with Gasteiger partial charge >= 0.3 is 6.03 Å². The number of ether oxygens (including phenoxy) is 1. The van der Waals surface area contributed by atoms with Crippen LogP contribution in [-0.4, -0.2) is 30.4 Å². The standard InChI is InChI=1S/C26H19Cl2N3O5/c1-15-4-2-6-17(10-15)29-23(32)14-36-19-7-3-5-16(11-19)12-20-24(33)30-26(35)31(25(20)34)18-8-9-21(27)22(28)13-18/h2-13H,14H2,1H3,(H,29,32)(H,30,33,35)/b20-12-. The number of imide groups is 2. The van der Waals surface area contributed by atoms with Crippen molar-refractivity contribution in [1.29, 1.82) is 0 Å². The molecular formula is C26H19Cl2N3O5. The fourth-order valence-electron chi connectivity index (χ4n) is 3.45. The van der Waals surface area contributed by atoms with Crippen LogP contribution in [0.2, 0.25) is 10.0 Å². The van der Waals surface area contributed by atoms with Crippen LogP contribution in [0, 0.1) is 6.92 Å². The van der Waals surface area contributed by atoms with E-state index in [1.807, 2.05) is 25.1 Å². The van der Waals surface area contributed by atoms with Gasteiger partial charge in [-0.25, -0.2) is 9.69 Å². The molecule has 8 nitrogen and oxygen atoms in total. The molecule has 1 heterocycles. The average Bonchev–Trinajstić information content (AvgIpc) is 2.83. The summed E-state index contributed by atoms with van der Waals surface area (Å²) < 4.78 is 5.57. The molecule has 2 N–H and O–H groups in total. The summed E-state index contributed by atoms with van der Waals surface area (Å²) in [5.41, 5.74) is 2.01. The molecule has 0 radical (unpaired) electrons. The third-order valence-electron chi connectivity index (χ3n) is 5.10. The van der Waals surface area contributed by atoms with Crippen molar-refractivity contribution in [2.45, 2.75) is 6.92 Å². The SMILES string of the molecule is Cc1cccc(NC(=O)COc2cccc(/C=C3/C(=O)NC(=O)N(c4ccc(Cl)c(Cl)c4)C3=O)c2)c1. The molecule has 36 heavy (non-hydrogen) atoms. The van der Waals surface area contributed by atoms with E-state index in [0.29, 0.717) is 17.0 Å². The third kappa shape index (κ3) is 5.73. The van der Waals surface area contributed by atoms with E-state index >= 15 is 0 Å². The predicted molar refractivity (Wildman–Crippen MR) is 137 cm³/mol. The number of urea groups is 1. The van der Waals surface area contributed by atoms with Crippen LogP contribution in [0.15, 0.2) is 72.3 Å². The van der Waals surface area contributed by atoms with Gasteiger partial charge in [-0.05, 0) is 66.6 Å². The van der Waals surface area contributed by atoms with Crippen LogP contribution in [0.3, 0.4) is 0 Å². The third-order valence-corrected chi connectivity index (χ3v) is 5.84. The molecule has 0 aliphatic carbocycles. The first-order valence-corrected chi connectivity index (χ1v) is 11.4. The zero-order valence-electron chi connectivity index (χ0n) is 18.9. The summed E-state index contributed by atoms with van der Waals surface area (Å²) in [4.78, 5) is 50.9. The van der Waals surface area contributed by atoms with E-state index in [4.69, 9.17) is 27.9 Å². The van der Waals surface area contributed by atoms with Gasteiger partial charge in [-0.3, -0.25) is 19.7 Å². The first-order chi connectivity index (χ1) is 17.2. The number of amides is 5. The Kier molecular flexibility index (Phi) is 7.38. The van der Waals surface area contributed by atoms with E-state index < -0.39 is 17.8 Å². The zero-order chi connectivity index (χ0) is 25.8. The van der Waals surface area contributed by atoms with Crippen LogP contribution in [0.5, 0.6) is 5.75 Å². The van der Waals surface area contributed by atoms with Crippen LogP contribution in [0.4, 0.5) is 16.2 Å². The van der Waals surface area contributed by atoms with Crippen molar-refractivity contribution in [2.75, 3.05) is 16.8 Å². The highest BCUT2D eigenvalue weighted by Gasteiger charge is 2.37. The summed E-state index contributed by atoms with van der Waals surface area (Å²) >= 11 is 11.9. The molecule has 3 aromatic rings. The predicted octanol–water partition coefficient (Wildman–Crippen LogP) is 4.99. The van der Waals surface area contributed by atoms with Crippen LogP contribution in [-0.2, 0) is 14.4 Å². The van der Waals surface area contributed by atoms with Gasteiger partial charge in [0.05, 0.1) is 15.7 Å². The lowest BCUT2D eigenvalue weighted by atomic mass is 10.1. The van der Waals surface area contributed by atoms with Gasteiger partial charge in [-0.1, -0.05) is 47.5 Å². The Bertz CT molecular complexity index is 1420. The van der Waals surface area contributed by atoms with Crippen molar-refractivity contribution < 1.29 is 23.9 Å². The Hall–Kier alpha value is -4.14. The molecule has 3 aromatic carbocycles. The fraction of sp³-hybridized carbons (Fsp3) is 0.0769.